The molecule has 0 spiro atoms. The van der Waals surface area contributed by atoms with E-state index in [1.807, 2.05) is 39.0 Å². The summed E-state index contributed by atoms with van der Waals surface area (Å²) in [6.45, 7) is 5.87. The molecule has 0 heterocycles. The summed E-state index contributed by atoms with van der Waals surface area (Å²) in [5.74, 6) is 1.00. The van der Waals surface area contributed by atoms with E-state index in [0.29, 0.717) is 11.5 Å². The lowest BCUT2D eigenvalue weighted by Crippen LogP contribution is -2.48. The fraction of sp³-hybridized carbons (Fsp3) is 0.571. The molecule has 0 bridgehead atoms. The van der Waals surface area contributed by atoms with Gasteiger partial charge in [-0.05, 0) is 26.3 Å². The molecule has 0 aromatic heterocycles. The molecule has 0 saturated heterocycles. The van der Waals surface area contributed by atoms with E-state index in [1.165, 1.54) is 5.56 Å². The summed E-state index contributed by atoms with van der Waals surface area (Å²) >= 11 is 0. The second kappa shape index (κ2) is 6.45. The Labute approximate surface area is 112 Å². The maximum absolute atomic E-state index is 12.1. The van der Waals surface area contributed by atoms with Gasteiger partial charge >= 0.3 is 0 Å². The van der Waals surface area contributed by atoms with Gasteiger partial charge in [-0.25, -0.2) is 0 Å². The Morgan fingerprint density at radius 2 is 2.11 bits per heavy atom. The number of benzene rings is 1. The number of methoxy groups -OCH3 is 1. The minimum Gasteiger partial charge on any atom is -0.377 e. The highest BCUT2D eigenvalue weighted by Crippen LogP contribution is 2.14. The first kappa shape index (κ1) is 15.3. The lowest BCUT2D eigenvalue weighted by molar-refractivity contribution is 0.00645. The van der Waals surface area contributed by atoms with Crippen molar-refractivity contribution >= 4 is 10.8 Å². The molecule has 0 saturated carbocycles. The van der Waals surface area contributed by atoms with Crippen molar-refractivity contribution in [1.29, 1.82) is 0 Å². The molecule has 4 heteroatoms. The van der Waals surface area contributed by atoms with Crippen molar-refractivity contribution in [3.8, 4) is 0 Å². The molecule has 0 amide bonds. The zero-order valence-electron chi connectivity index (χ0n) is 11.6. The van der Waals surface area contributed by atoms with E-state index in [9.17, 15) is 4.21 Å². The Hall–Kier alpha value is -0.710. The van der Waals surface area contributed by atoms with Crippen LogP contribution in [0.15, 0.2) is 24.3 Å². The molecule has 0 aliphatic carbocycles. The van der Waals surface area contributed by atoms with Gasteiger partial charge in [-0.3, -0.25) is 4.21 Å². The van der Waals surface area contributed by atoms with Crippen molar-refractivity contribution in [2.75, 3.05) is 12.9 Å². The van der Waals surface area contributed by atoms with Gasteiger partial charge in [0.15, 0.2) is 0 Å². The van der Waals surface area contributed by atoms with Gasteiger partial charge in [-0.1, -0.05) is 29.8 Å². The molecule has 0 fully saturated rings. The summed E-state index contributed by atoms with van der Waals surface area (Å²) in [6, 6.07) is 7.85. The fourth-order valence-electron chi connectivity index (χ4n) is 1.60. The summed E-state index contributed by atoms with van der Waals surface area (Å²) in [5.41, 5.74) is 7.87. The van der Waals surface area contributed by atoms with Crippen molar-refractivity contribution in [3.63, 3.8) is 0 Å². The Morgan fingerprint density at radius 3 is 2.67 bits per heavy atom. The average Bonchev–Trinajstić information content (AvgIpc) is 2.28. The lowest BCUT2D eigenvalue weighted by Gasteiger charge is -2.29. The first-order valence-corrected chi connectivity index (χ1v) is 7.55. The smallest absolute Gasteiger partial charge is 0.0781 e. The SMILES string of the molecule is COC(C)(C)C(N)CS(=O)Cc1cccc(C)c1. The van der Waals surface area contributed by atoms with Crippen LogP contribution < -0.4 is 5.73 Å². The molecule has 1 aromatic carbocycles. The van der Waals surface area contributed by atoms with Gasteiger partial charge in [-0.2, -0.15) is 0 Å². The molecule has 102 valence electrons. The van der Waals surface area contributed by atoms with Gasteiger partial charge in [0.1, 0.15) is 0 Å². The summed E-state index contributed by atoms with van der Waals surface area (Å²) in [5, 5.41) is 0. The van der Waals surface area contributed by atoms with E-state index in [-0.39, 0.29) is 6.04 Å². The van der Waals surface area contributed by atoms with Crippen LogP contribution in [0.2, 0.25) is 0 Å². The molecular weight excluding hydrogens is 246 g/mol. The minimum atomic E-state index is -0.962. The predicted octanol–water partition coefficient (Wildman–Crippen LogP) is 2.00. The maximum atomic E-state index is 12.1. The van der Waals surface area contributed by atoms with Crippen LogP contribution in [0.25, 0.3) is 0 Å². The van der Waals surface area contributed by atoms with Crippen LogP contribution in [0.5, 0.6) is 0 Å². The zero-order chi connectivity index (χ0) is 13.8. The summed E-state index contributed by atoms with van der Waals surface area (Å²) in [7, 11) is 0.666. The molecule has 1 aromatic rings. The molecule has 0 aliphatic rings. The highest BCUT2D eigenvalue weighted by atomic mass is 32.2. The van der Waals surface area contributed by atoms with Gasteiger partial charge in [0.05, 0.1) is 5.60 Å². The Morgan fingerprint density at radius 1 is 1.44 bits per heavy atom. The van der Waals surface area contributed by atoms with Crippen molar-refractivity contribution < 1.29 is 8.95 Å². The van der Waals surface area contributed by atoms with Crippen molar-refractivity contribution in [2.45, 2.75) is 38.2 Å². The molecule has 0 radical (unpaired) electrons. The van der Waals surface area contributed by atoms with Crippen LogP contribution in [0.1, 0.15) is 25.0 Å². The highest BCUT2D eigenvalue weighted by Gasteiger charge is 2.27. The molecular formula is C14H23NO2S. The summed E-state index contributed by atoms with van der Waals surface area (Å²) in [4.78, 5) is 0. The number of aryl methyl sites for hydroxylation is 1. The zero-order valence-corrected chi connectivity index (χ0v) is 12.4. The van der Waals surface area contributed by atoms with Crippen LogP contribution >= 0.6 is 0 Å². The second-order valence-corrected chi connectivity index (χ2v) is 6.66. The monoisotopic (exact) mass is 269 g/mol. The summed E-state index contributed by atoms with van der Waals surface area (Å²) in [6.07, 6.45) is 0. The van der Waals surface area contributed by atoms with Gasteiger partial charge in [0, 0.05) is 35.5 Å². The molecule has 2 N–H and O–H groups in total. The van der Waals surface area contributed by atoms with Crippen LogP contribution in [0, 0.1) is 6.92 Å². The highest BCUT2D eigenvalue weighted by molar-refractivity contribution is 7.84. The average molecular weight is 269 g/mol. The number of ether oxygens (including phenoxy) is 1. The third kappa shape index (κ3) is 4.52. The molecule has 18 heavy (non-hydrogen) atoms. The molecule has 3 nitrogen and oxygen atoms in total. The van der Waals surface area contributed by atoms with Crippen LogP contribution in [0.3, 0.4) is 0 Å². The van der Waals surface area contributed by atoms with Crippen LogP contribution in [-0.2, 0) is 21.3 Å². The third-order valence-electron chi connectivity index (χ3n) is 3.19. The normalized spacial score (nSPS) is 15.4. The Kier molecular flexibility index (Phi) is 5.50. The van der Waals surface area contributed by atoms with E-state index in [1.54, 1.807) is 7.11 Å². The van der Waals surface area contributed by atoms with Crippen LogP contribution in [-0.4, -0.2) is 28.7 Å². The Balaban J connectivity index is 2.57. The number of nitrogens with two attached hydrogens (primary N) is 1. The van der Waals surface area contributed by atoms with E-state index >= 15 is 0 Å². The molecule has 0 aliphatic heterocycles. The standard InChI is InChI=1S/C14H23NO2S/c1-11-6-5-7-12(8-11)9-18(16)10-13(15)14(2,3)17-4/h5-8,13H,9-10,15H2,1-4H3. The molecule has 2 unspecified atom stereocenters. The Bertz CT molecular complexity index is 418. The van der Waals surface area contributed by atoms with Crippen molar-refractivity contribution in [2.24, 2.45) is 5.73 Å². The van der Waals surface area contributed by atoms with Gasteiger partial charge in [0.25, 0.3) is 0 Å². The number of rotatable bonds is 6. The minimum absolute atomic E-state index is 0.229. The summed E-state index contributed by atoms with van der Waals surface area (Å²) < 4.78 is 17.4. The molecule has 2 atom stereocenters. The van der Waals surface area contributed by atoms with Gasteiger partial charge in [0.2, 0.25) is 0 Å². The third-order valence-corrected chi connectivity index (χ3v) is 4.58. The number of hydrogen-bond donors (Lipinski definition) is 1. The van der Waals surface area contributed by atoms with Crippen molar-refractivity contribution in [3.05, 3.63) is 35.4 Å². The quantitative estimate of drug-likeness (QED) is 0.859. The second-order valence-electron chi connectivity index (χ2n) is 5.15. The van der Waals surface area contributed by atoms with Crippen LogP contribution in [0.4, 0.5) is 0 Å². The van der Waals surface area contributed by atoms with Gasteiger partial charge in [-0.15, -0.1) is 0 Å². The van der Waals surface area contributed by atoms with E-state index in [4.69, 9.17) is 10.5 Å². The maximum Gasteiger partial charge on any atom is 0.0781 e. The lowest BCUT2D eigenvalue weighted by atomic mass is 10.0. The first-order chi connectivity index (χ1) is 8.35. The van der Waals surface area contributed by atoms with Gasteiger partial charge < -0.3 is 10.5 Å². The number of hydrogen-bond acceptors (Lipinski definition) is 3. The van der Waals surface area contributed by atoms with Crippen molar-refractivity contribution in [1.82, 2.24) is 0 Å². The molecule has 1 rings (SSSR count). The first-order valence-electron chi connectivity index (χ1n) is 6.06. The van der Waals surface area contributed by atoms with E-state index < -0.39 is 16.4 Å². The topological polar surface area (TPSA) is 52.3 Å². The van der Waals surface area contributed by atoms with E-state index in [0.717, 1.165) is 5.56 Å². The predicted molar refractivity (Wildman–Crippen MR) is 77.0 cm³/mol. The largest absolute Gasteiger partial charge is 0.377 e. The van der Waals surface area contributed by atoms with E-state index in [2.05, 4.69) is 6.07 Å². The fourth-order valence-corrected chi connectivity index (χ4v) is 3.07.